The van der Waals surface area contributed by atoms with Gasteiger partial charge in [-0.05, 0) is 43.0 Å². The number of hydrogen-bond donors (Lipinski definition) is 2. The molecular formula is C22H28ClN3O5S. The van der Waals surface area contributed by atoms with Gasteiger partial charge in [0.25, 0.3) is 11.9 Å². The van der Waals surface area contributed by atoms with Crippen LogP contribution in [0.15, 0.2) is 44.3 Å². The highest BCUT2D eigenvalue weighted by atomic mass is 35.5. The Morgan fingerprint density at radius 3 is 2.69 bits per heavy atom. The first-order chi connectivity index (χ1) is 15.0. The van der Waals surface area contributed by atoms with Crippen LogP contribution in [0.3, 0.4) is 0 Å². The summed E-state index contributed by atoms with van der Waals surface area (Å²) in [6, 6.07) is 8.70. The van der Waals surface area contributed by atoms with Crippen LogP contribution in [-0.4, -0.2) is 50.8 Å². The number of rotatable bonds is 6. The van der Waals surface area contributed by atoms with Crippen LogP contribution in [0.1, 0.15) is 37.2 Å². The van der Waals surface area contributed by atoms with E-state index in [1.165, 1.54) is 18.4 Å². The van der Waals surface area contributed by atoms with Crippen LogP contribution in [0, 0.1) is 5.92 Å². The fourth-order valence-electron chi connectivity index (χ4n) is 4.09. The molecule has 0 aliphatic carbocycles. The molecule has 32 heavy (non-hydrogen) atoms. The van der Waals surface area contributed by atoms with Crippen LogP contribution in [0.2, 0.25) is 5.02 Å². The van der Waals surface area contributed by atoms with Crippen LogP contribution < -0.4 is 10.2 Å². The van der Waals surface area contributed by atoms with Crippen molar-refractivity contribution in [2.75, 3.05) is 30.0 Å². The molecule has 8 nitrogen and oxygen atoms in total. The topological polar surface area (TPSA) is 109 Å². The van der Waals surface area contributed by atoms with E-state index in [0.717, 1.165) is 0 Å². The number of hydrogen-bond acceptors (Lipinski definition) is 6. The lowest BCUT2D eigenvalue weighted by atomic mass is 10.1. The van der Waals surface area contributed by atoms with Gasteiger partial charge in [0.05, 0.1) is 0 Å². The molecule has 1 saturated heterocycles. The minimum Gasteiger partial charge on any atom is -0.436 e. The summed E-state index contributed by atoms with van der Waals surface area (Å²) in [6.07, 6.45) is 2.70. The summed E-state index contributed by atoms with van der Waals surface area (Å²) in [7, 11) is -4.12. The highest BCUT2D eigenvalue weighted by Crippen LogP contribution is 2.33. The van der Waals surface area contributed by atoms with Crippen LogP contribution in [0.25, 0.3) is 11.1 Å². The first kappa shape index (κ1) is 22.8. The third-order valence-corrected chi connectivity index (χ3v) is 8.42. The molecule has 0 unspecified atom stereocenters. The zero-order valence-electron chi connectivity index (χ0n) is 18.3. The molecule has 0 atom stereocenters. The van der Waals surface area contributed by atoms with Crippen molar-refractivity contribution in [3.8, 4) is 0 Å². The number of oxazole rings is 1. The van der Waals surface area contributed by atoms with Gasteiger partial charge in [-0.2, -0.15) is 4.98 Å². The molecule has 3 heterocycles. The van der Waals surface area contributed by atoms with Crippen molar-refractivity contribution < 1.29 is 22.4 Å². The molecule has 2 N–H and O–H groups in total. The van der Waals surface area contributed by atoms with E-state index in [9.17, 15) is 13.6 Å². The molecule has 10 heteroatoms. The van der Waals surface area contributed by atoms with Crippen LogP contribution >= 0.6 is 11.6 Å². The van der Waals surface area contributed by atoms with Crippen molar-refractivity contribution in [1.29, 1.82) is 0 Å². The van der Waals surface area contributed by atoms with Crippen LogP contribution in [0.5, 0.6) is 0 Å². The minimum atomic E-state index is -4.12. The number of fused-ring (bicyclic) bond motifs is 1. The van der Waals surface area contributed by atoms with Crippen molar-refractivity contribution in [1.82, 2.24) is 10.3 Å². The van der Waals surface area contributed by atoms with E-state index < -0.39 is 9.35 Å². The monoisotopic (exact) mass is 481 g/mol. The normalized spacial score (nSPS) is 16.9. The molecular weight excluding hydrogens is 454 g/mol. The number of amides is 1. The van der Waals surface area contributed by atoms with Gasteiger partial charge >= 0.3 is 0 Å². The molecule has 0 bridgehead atoms. The van der Waals surface area contributed by atoms with Gasteiger partial charge in [-0.3, -0.25) is 9.35 Å². The van der Waals surface area contributed by atoms with Crippen LogP contribution in [-0.2, 0) is 9.35 Å². The van der Waals surface area contributed by atoms with Crippen molar-refractivity contribution in [2.24, 2.45) is 5.92 Å². The maximum absolute atomic E-state index is 13.0. The number of carbonyl (C=O) groups excluding carboxylic acids is 1. The number of halogens is 1. The lowest BCUT2D eigenvalue weighted by Crippen LogP contribution is -2.44. The van der Waals surface area contributed by atoms with Crippen LogP contribution in [0.4, 0.5) is 6.01 Å². The Labute approximate surface area is 191 Å². The Morgan fingerprint density at radius 1 is 1.28 bits per heavy atom. The van der Waals surface area contributed by atoms with Gasteiger partial charge in [-0.15, -0.1) is 9.35 Å². The van der Waals surface area contributed by atoms with Crippen molar-refractivity contribution in [3.05, 3.63) is 41.1 Å². The number of nitrogens with one attached hydrogen (secondary N) is 1. The number of benzene rings is 1. The lowest BCUT2D eigenvalue weighted by Gasteiger charge is -2.37. The SMILES string of the molecule is CC(C)CS(C)(=O)(O)c1ccc(C(=O)NC2CCN(c3nc4cc(Cl)ccc4o3)CC2)o1. The van der Waals surface area contributed by atoms with E-state index in [2.05, 4.69) is 10.3 Å². The van der Waals surface area contributed by atoms with E-state index in [0.29, 0.717) is 48.1 Å². The molecule has 0 spiro atoms. The Balaban J connectivity index is 1.36. The van der Waals surface area contributed by atoms with Gasteiger partial charge < -0.3 is 19.1 Å². The third-order valence-electron chi connectivity index (χ3n) is 5.49. The quantitative estimate of drug-likeness (QED) is 0.536. The van der Waals surface area contributed by atoms with E-state index in [-0.39, 0.29) is 34.5 Å². The van der Waals surface area contributed by atoms with E-state index in [1.54, 1.807) is 18.2 Å². The smallest absolute Gasteiger partial charge is 0.298 e. The highest BCUT2D eigenvalue weighted by molar-refractivity contribution is 8.14. The number of piperidine rings is 1. The summed E-state index contributed by atoms with van der Waals surface area (Å²) < 4.78 is 35.0. The zero-order chi connectivity index (χ0) is 23.1. The number of aromatic nitrogens is 1. The number of furan rings is 1. The molecule has 1 aliphatic heterocycles. The highest BCUT2D eigenvalue weighted by Gasteiger charge is 2.31. The number of anilines is 1. The Hall–Kier alpha value is -2.36. The van der Waals surface area contributed by atoms with Crippen molar-refractivity contribution in [3.63, 3.8) is 0 Å². The Kier molecular flexibility index (Phi) is 5.85. The Morgan fingerprint density at radius 2 is 2.00 bits per heavy atom. The van der Waals surface area contributed by atoms with Gasteiger partial charge in [-0.1, -0.05) is 25.4 Å². The van der Waals surface area contributed by atoms with Crippen molar-refractivity contribution >= 4 is 44.0 Å². The number of nitrogens with zero attached hydrogens (tertiary/aromatic N) is 2. The summed E-state index contributed by atoms with van der Waals surface area (Å²) in [5.74, 6) is -0.266. The van der Waals surface area contributed by atoms with E-state index in [4.69, 9.17) is 20.4 Å². The summed E-state index contributed by atoms with van der Waals surface area (Å²) in [5, 5.41) is 3.52. The van der Waals surface area contributed by atoms with Gasteiger partial charge in [-0.25, -0.2) is 4.21 Å². The summed E-state index contributed by atoms with van der Waals surface area (Å²) in [6.45, 7) is 5.08. The minimum absolute atomic E-state index is 0.00953. The Bertz CT molecular complexity index is 1200. The number of carbonyl (C=O) groups is 1. The van der Waals surface area contributed by atoms with Crippen molar-refractivity contribution in [2.45, 2.75) is 37.8 Å². The van der Waals surface area contributed by atoms with E-state index >= 15 is 0 Å². The zero-order valence-corrected chi connectivity index (χ0v) is 19.9. The molecule has 3 aromatic rings. The second-order valence-electron chi connectivity index (χ2n) is 9.00. The fraction of sp³-hybridized carbons (Fsp3) is 0.455. The second kappa shape index (κ2) is 8.20. The molecule has 1 fully saturated rings. The standard InChI is InChI=1S/C22H28ClN3O5S/c1-14(2)13-32(3,28,29)20-7-6-19(30-20)21(27)24-16-8-10-26(11-9-16)22-25-17-12-15(23)4-5-18(17)31-22/h4-7,12,14,16H,8-11,13H2,1-3H3,(H,24,27)(H,28,29). The third kappa shape index (κ3) is 4.84. The fourth-order valence-corrected chi connectivity index (χ4v) is 6.71. The lowest BCUT2D eigenvalue weighted by molar-refractivity contribution is 0.0897. The second-order valence-corrected chi connectivity index (χ2v) is 13.1. The predicted octanol–water partition coefficient (Wildman–Crippen LogP) is 4.41. The molecule has 2 aromatic heterocycles. The molecule has 0 saturated carbocycles. The van der Waals surface area contributed by atoms with Gasteiger partial charge in [0.15, 0.2) is 11.3 Å². The average molecular weight is 482 g/mol. The maximum atomic E-state index is 13.0. The summed E-state index contributed by atoms with van der Waals surface area (Å²) >= 11 is 6.02. The summed E-state index contributed by atoms with van der Waals surface area (Å²) in [5.41, 5.74) is 1.39. The molecule has 0 radical (unpaired) electrons. The average Bonchev–Trinajstić information content (AvgIpc) is 3.35. The molecule has 174 valence electrons. The maximum Gasteiger partial charge on any atom is 0.298 e. The molecule has 1 aliphatic rings. The first-order valence-corrected chi connectivity index (χ1v) is 13.5. The predicted molar refractivity (Wildman–Crippen MR) is 125 cm³/mol. The van der Waals surface area contributed by atoms with Gasteiger partial charge in [0.2, 0.25) is 5.09 Å². The van der Waals surface area contributed by atoms with E-state index in [1.807, 2.05) is 18.7 Å². The molecule has 1 aromatic carbocycles. The van der Waals surface area contributed by atoms with Gasteiger partial charge in [0.1, 0.15) is 5.52 Å². The van der Waals surface area contributed by atoms with Gasteiger partial charge in [0, 0.05) is 42.2 Å². The first-order valence-electron chi connectivity index (χ1n) is 10.6. The molecule has 1 amide bonds. The largest absolute Gasteiger partial charge is 0.436 e. The summed E-state index contributed by atoms with van der Waals surface area (Å²) in [4.78, 5) is 19.2. The molecule has 4 rings (SSSR count).